The zero-order valence-electron chi connectivity index (χ0n) is 3.93. The number of hydrogen-bond donors (Lipinski definition) is 1. The van der Waals surface area contributed by atoms with Crippen LogP contribution in [0.2, 0.25) is 0 Å². The van der Waals surface area contributed by atoms with Gasteiger partial charge in [0.2, 0.25) is 0 Å². The summed E-state index contributed by atoms with van der Waals surface area (Å²) in [5.41, 5.74) is 0. The van der Waals surface area contributed by atoms with E-state index >= 15 is 0 Å². The first-order valence-corrected chi connectivity index (χ1v) is 3.70. The molecule has 0 aromatic heterocycles. The van der Waals surface area contributed by atoms with Crippen molar-refractivity contribution in [1.29, 1.82) is 0 Å². The molecule has 0 saturated heterocycles. The van der Waals surface area contributed by atoms with Crippen LogP contribution in [0.4, 0.5) is 0 Å². The van der Waals surface area contributed by atoms with Gasteiger partial charge in [0.25, 0.3) is 0 Å². The van der Waals surface area contributed by atoms with E-state index in [1.165, 1.54) is 11.8 Å². The lowest BCUT2D eigenvalue weighted by Gasteiger charge is -2.11. The summed E-state index contributed by atoms with van der Waals surface area (Å²) >= 11 is 4.57. The number of nitrogens with one attached hydrogen (secondary N) is 1. The molecule has 1 N–H and O–H groups in total. The van der Waals surface area contributed by atoms with Gasteiger partial charge in [-0.3, -0.25) is 4.79 Å². The highest BCUT2D eigenvalue weighted by molar-refractivity contribution is 9.12. The van der Waals surface area contributed by atoms with E-state index in [9.17, 15) is 4.79 Å². The molecule has 2 nitrogen and oxygen atoms in total. The fourth-order valence-electron chi connectivity index (χ4n) is 0.377. The van der Waals surface area contributed by atoms with Crippen molar-refractivity contribution in [2.75, 3.05) is 0 Å². The Kier molecular flexibility index (Phi) is 1.62. The van der Waals surface area contributed by atoms with Crippen molar-refractivity contribution < 1.29 is 4.79 Å². The molecule has 0 amide bonds. The highest BCUT2D eigenvalue weighted by Crippen LogP contribution is 2.31. The molecule has 0 saturated carbocycles. The van der Waals surface area contributed by atoms with Crippen molar-refractivity contribution in [3.05, 3.63) is 11.6 Å². The molecule has 0 fully saturated rings. The van der Waals surface area contributed by atoms with E-state index in [-0.39, 0.29) is 0 Å². The first kappa shape index (κ1) is 6.16. The van der Waals surface area contributed by atoms with Gasteiger partial charge < -0.3 is 5.32 Å². The second kappa shape index (κ2) is 2.11. The van der Waals surface area contributed by atoms with Crippen molar-refractivity contribution in [3.63, 3.8) is 0 Å². The van der Waals surface area contributed by atoms with Crippen LogP contribution in [0.5, 0.6) is 0 Å². The van der Waals surface area contributed by atoms with Crippen LogP contribution in [0, 0.1) is 0 Å². The predicted octanol–water partition coefficient (Wildman–Crippen LogP) is 1.04. The Morgan fingerprint density at radius 2 is 2.62 bits per heavy atom. The molecule has 1 atom stereocenters. The van der Waals surface area contributed by atoms with Gasteiger partial charge >= 0.3 is 0 Å². The summed E-state index contributed by atoms with van der Waals surface area (Å²) in [5.74, 6) is 0. The maximum atomic E-state index is 10.2. The SMILES string of the molecule is O=CC1(Br)NC=CS1. The number of hydrogen-bond acceptors (Lipinski definition) is 3. The van der Waals surface area contributed by atoms with Crippen LogP contribution in [-0.2, 0) is 4.79 Å². The van der Waals surface area contributed by atoms with Gasteiger partial charge in [-0.15, -0.1) is 0 Å². The van der Waals surface area contributed by atoms with Gasteiger partial charge in [-0.1, -0.05) is 11.8 Å². The Morgan fingerprint density at radius 1 is 1.88 bits per heavy atom. The van der Waals surface area contributed by atoms with Crippen molar-refractivity contribution in [2.24, 2.45) is 0 Å². The van der Waals surface area contributed by atoms with Crippen LogP contribution in [0.25, 0.3) is 0 Å². The molecule has 0 aromatic rings. The highest BCUT2D eigenvalue weighted by atomic mass is 79.9. The lowest BCUT2D eigenvalue weighted by molar-refractivity contribution is -0.108. The highest BCUT2D eigenvalue weighted by Gasteiger charge is 2.26. The van der Waals surface area contributed by atoms with Crippen molar-refractivity contribution in [3.8, 4) is 0 Å². The molecule has 0 radical (unpaired) electrons. The summed E-state index contributed by atoms with van der Waals surface area (Å²) in [6.07, 6.45) is 2.55. The molecule has 1 unspecified atom stereocenters. The van der Waals surface area contributed by atoms with E-state index < -0.39 is 3.78 Å². The number of carbonyl (C=O) groups is 1. The van der Waals surface area contributed by atoms with E-state index in [0.717, 1.165) is 6.29 Å². The van der Waals surface area contributed by atoms with Crippen LogP contribution >= 0.6 is 27.7 Å². The summed E-state index contributed by atoms with van der Waals surface area (Å²) in [5, 5.41) is 4.64. The minimum atomic E-state index is -0.576. The molecule has 4 heteroatoms. The van der Waals surface area contributed by atoms with Crippen molar-refractivity contribution in [2.45, 2.75) is 3.78 Å². The van der Waals surface area contributed by atoms with E-state index in [4.69, 9.17) is 0 Å². The lowest BCUT2D eigenvalue weighted by atomic mass is 10.7. The quantitative estimate of drug-likeness (QED) is 0.384. The summed E-state index contributed by atoms with van der Waals surface area (Å²) in [6, 6.07) is 0. The number of rotatable bonds is 1. The Morgan fingerprint density at radius 3 is 2.88 bits per heavy atom. The molecule has 0 aromatic carbocycles. The molecule has 0 bridgehead atoms. The van der Waals surface area contributed by atoms with Gasteiger partial charge in [-0.05, 0) is 21.3 Å². The Balaban J connectivity index is 2.58. The number of thioether (sulfide) groups is 1. The van der Waals surface area contributed by atoms with Crippen molar-refractivity contribution in [1.82, 2.24) is 5.32 Å². The molecule has 1 rings (SSSR count). The summed E-state index contributed by atoms with van der Waals surface area (Å²) in [4.78, 5) is 10.2. The number of alkyl halides is 1. The Labute approximate surface area is 59.8 Å². The second-order valence-corrected chi connectivity index (χ2v) is 4.26. The minimum Gasteiger partial charge on any atom is -0.361 e. The molecular formula is C4H4BrNOS. The molecule has 44 valence electrons. The number of carbonyl (C=O) groups excluding carboxylic acids is 1. The zero-order chi connectivity index (χ0) is 6.04. The van der Waals surface area contributed by atoms with Gasteiger partial charge in [0, 0.05) is 6.20 Å². The summed E-state index contributed by atoms with van der Waals surface area (Å²) in [6.45, 7) is 0. The van der Waals surface area contributed by atoms with E-state index in [0.29, 0.717) is 0 Å². The third-order valence-corrected chi connectivity index (χ3v) is 2.55. The lowest BCUT2D eigenvalue weighted by Crippen LogP contribution is -2.29. The Hall–Kier alpha value is 0.0400. The van der Waals surface area contributed by atoms with E-state index in [1.54, 1.807) is 6.20 Å². The van der Waals surface area contributed by atoms with Gasteiger partial charge in [-0.2, -0.15) is 0 Å². The zero-order valence-corrected chi connectivity index (χ0v) is 6.33. The molecule has 8 heavy (non-hydrogen) atoms. The maximum absolute atomic E-state index is 10.2. The van der Waals surface area contributed by atoms with Gasteiger partial charge in [0.15, 0.2) is 10.1 Å². The molecular weight excluding hydrogens is 190 g/mol. The number of aldehydes is 1. The first-order chi connectivity index (χ1) is 3.77. The first-order valence-electron chi connectivity index (χ1n) is 2.03. The average Bonchev–Trinajstić information content (AvgIpc) is 2.17. The Bertz CT molecular complexity index is 128. The molecule has 0 aliphatic carbocycles. The van der Waals surface area contributed by atoms with Gasteiger partial charge in [0.05, 0.1) is 0 Å². The molecule has 0 spiro atoms. The van der Waals surface area contributed by atoms with E-state index in [1.807, 2.05) is 5.41 Å². The molecule has 1 heterocycles. The predicted molar refractivity (Wildman–Crippen MR) is 37.6 cm³/mol. The fourth-order valence-corrected chi connectivity index (χ4v) is 1.36. The summed E-state index contributed by atoms with van der Waals surface area (Å²) in [7, 11) is 0. The fraction of sp³-hybridized carbons (Fsp3) is 0.250. The largest absolute Gasteiger partial charge is 0.361 e. The van der Waals surface area contributed by atoms with Gasteiger partial charge in [-0.25, -0.2) is 0 Å². The number of halogens is 1. The van der Waals surface area contributed by atoms with Crippen LogP contribution in [-0.4, -0.2) is 10.1 Å². The third-order valence-electron chi connectivity index (χ3n) is 0.739. The van der Waals surface area contributed by atoms with Gasteiger partial charge in [0.1, 0.15) is 0 Å². The monoisotopic (exact) mass is 193 g/mol. The normalized spacial score (nSPS) is 34.6. The smallest absolute Gasteiger partial charge is 0.199 e. The third kappa shape index (κ3) is 1.06. The standard InChI is InChI=1S/C4H4BrNOS/c5-4(3-7)6-1-2-8-4/h1-3,6H. The minimum absolute atomic E-state index is 0.576. The average molecular weight is 194 g/mol. The van der Waals surface area contributed by atoms with E-state index in [2.05, 4.69) is 21.2 Å². The molecule has 1 aliphatic heterocycles. The topological polar surface area (TPSA) is 29.1 Å². The molecule has 1 aliphatic rings. The maximum Gasteiger partial charge on any atom is 0.199 e. The van der Waals surface area contributed by atoms with Crippen LogP contribution < -0.4 is 5.32 Å². The summed E-state index contributed by atoms with van der Waals surface area (Å²) < 4.78 is -0.576. The van der Waals surface area contributed by atoms with Crippen LogP contribution in [0.1, 0.15) is 0 Å². The van der Waals surface area contributed by atoms with Crippen LogP contribution in [0.3, 0.4) is 0 Å². The second-order valence-electron chi connectivity index (χ2n) is 1.33. The van der Waals surface area contributed by atoms with Crippen molar-refractivity contribution >= 4 is 34.0 Å². The van der Waals surface area contributed by atoms with Crippen LogP contribution in [0.15, 0.2) is 11.6 Å².